The first-order valence-electron chi connectivity index (χ1n) is 2.17. The molecule has 4 N–H and O–H groups in total. The Hall–Kier alpha value is -0.840. The van der Waals surface area contributed by atoms with Crippen LogP contribution in [0.2, 0.25) is 0 Å². The first kappa shape index (κ1) is 8.16. The van der Waals surface area contributed by atoms with Gasteiger partial charge >= 0.3 is 5.97 Å². The van der Waals surface area contributed by atoms with Gasteiger partial charge in [-0.3, -0.25) is 0 Å². The predicted molar refractivity (Wildman–Crippen MR) is 30.3 cm³/mol. The van der Waals surface area contributed by atoms with Gasteiger partial charge in [-0.05, 0) is 6.08 Å². The third-order valence-corrected chi connectivity index (χ3v) is 0.619. The fourth-order valence-corrected chi connectivity index (χ4v) is 0.223. The lowest BCUT2D eigenvalue weighted by atomic mass is 10.4. The van der Waals surface area contributed by atoms with Crippen molar-refractivity contribution in [1.82, 2.24) is 0 Å². The van der Waals surface area contributed by atoms with Crippen LogP contribution in [0, 0.1) is 0 Å². The zero-order valence-electron chi connectivity index (χ0n) is 4.65. The van der Waals surface area contributed by atoms with Crippen LogP contribution in [0.4, 0.5) is 0 Å². The molecule has 0 amide bonds. The minimum Gasteiger partial charge on any atom is -0.505 e. The van der Waals surface area contributed by atoms with Gasteiger partial charge in [0.2, 0.25) is 0 Å². The summed E-state index contributed by atoms with van der Waals surface area (Å²) in [6, 6.07) is 0. The minimum absolute atomic E-state index is 0.861. The molecule has 0 bridgehead atoms. The lowest BCUT2D eigenvalue weighted by Gasteiger charge is -2.10. The van der Waals surface area contributed by atoms with E-state index in [4.69, 9.17) is 20.4 Å². The molecular weight excluding hydrogens is 124 g/mol. The van der Waals surface area contributed by atoms with Crippen molar-refractivity contribution in [3.8, 4) is 0 Å². The molecule has 0 aliphatic rings. The monoisotopic (exact) mass is 132 g/mol. The summed E-state index contributed by atoms with van der Waals surface area (Å²) in [4.78, 5) is 0. The molecule has 52 valence electrons. The Morgan fingerprint density at radius 1 is 1.33 bits per heavy atom. The van der Waals surface area contributed by atoms with Gasteiger partial charge in [0.1, 0.15) is 0 Å². The molecule has 0 aromatic carbocycles. The van der Waals surface area contributed by atoms with Gasteiger partial charge < -0.3 is 20.4 Å². The maximum Gasteiger partial charge on any atom is 0.337 e. The normalized spacial score (nSPS) is 13.4. The summed E-state index contributed by atoms with van der Waals surface area (Å²) in [7, 11) is 0. The summed E-state index contributed by atoms with van der Waals surface area (Å²) in [5.74, 6) is -4.11. The first-order chi connectivity index (χ1) is 3.98. The van der Waals surface area contributed by atoms with Crippen LogP contribution in [0.1, 0.15) is 0 Å². The molecule has 4 nitrogen and oxygen atoms in total. The van der Waals surface area contributed by atoms with E-state index in [0.717, 1.165) is 12.2 Å². The highest BCUT2D eigenvalue weighted by molar-refractivity contribution is 5.06. The Balaban J connectivity index is 4.19. The number of hydrogen-bond acceptors (Lipinski definition) is 4. The lowest BCUT2D eigenvalue weighted by Crippen LogP contribution is -2.29. The average molecular weight is 132 g/mol. The molecule has 0 spiro atoms. The summed E-state index contributed by atoms with van der Waals surface area (Å²) in [6.45, 7) is 3.14. The van der Waals surface area contributed by atoms with Crippen molar-refractivity contribution in [2.45, 2.75) is 5.97 Å². The van der Waals surface area contributed by atoms with Crippen LogP contribution in [0.3, 0.4) is 0 Å². The van der Waals surface area contributed by atoms with E-state index in [9.17, 15) is 0 Å². The standard InChI is InChI=1S/C5H8O4/c1-2-3-4(6)5(7,8)9/h2-3,6-9H,1H2. The van der Waals surface area contributed by atoms with Crippen LogP contribution in [0.5, 0.6) is 0 Å². The number of hydrogen-bond donors (Lipinski definition) is 4. The molecule has 0 aromatic rings. The smallest absolute Gasteiger partial charge is 0.337 e. The van der Waals surface area contributed by atoms with Crippen LogP contribution in [-0.4, -0.2) is 26.4 Å². The molecule has 0 aromatic heterocycles. The summed E-state index contributed by atoms with van der Waals surface area (Å²) < 4.78 is 0. The second-order valence-corrected chi connectivity index (χ2v) is 1.42. The van der Waals surface area contributed by atoms with Crippen molar-refractivity contribution in [3.05, 3.63) is 24.5 Å². The highest BCUT2D eigenvalue weighted by atomic mass is 16.7. The van der Waals surface area contributed by atoms with Crippen molar-refractivity contribution in [2.24, 2.45) is 0 Å². The Morgan fingerprint density at radius 3 is 1.89 bits per heavy atom. The molecule has 0 radical (unpaired) electrons. The topological polar surface area (TPSA) is 80.9 Å². The van der Waals surface area contributed by atoms with Crippen molar-refractivity contribution in [1.29, 1.82) is 0 Å². The van der Waals surface area contributed by atoms with Gasteiger partial charge in [-0.2, -0.15) is 0 Å². The maximum atomic E-state index is 8.43. The van der Waals surface area contributed by atoms with E-state index < -0.39 is 11.7 Å². The summed E-state index contributed by atoms with van der Waals surface area (Å²) >= 11 is 0. The second-order valence-electron chi connectivity index (χ2n) is 1.42. The Morgan fingerprint density at radius 2 is 1.78 bits per heavy atom. The Bertz CT molecular complexity index is 130. The molecule has 0 aliphatic carbocycles. The van der Waals surface area contributed by atoms with Gasteiger partial charge in [0, 0.05) is 0 Å². The fraction of sp³-hybridized carbons (Fsp3) is 0.200. The quantitative estimate of drug-likeness (QED) is 0.226. The first-order valence-corrected chi connectivity index (χ1v) is 2.17. The van der Waals surface area contributed by atoms with Gasteiger partial charge in [-0.25, -0.2) is 0 Å². The lowest BCUT2D eigenvalue weighted by molar-refractivity contribution is -0.298. The highest BCUT2D eigenvalue weighted by Crippen LogP contribution is 2.04. The van der Waals surface area contributed by atoms with Crippen molar-refractivity contribution in [2.75, 3.05) is 0 Å². The molecule has 0 heterocycles. The van der Waals surface area contributed by atoms with Gasteiger partial charge in [-0.1, -0.05) is 12.7 Å². The van der Waals surface area contributed by atoms with Crippen LogP contribution < -0.4 is 0 Å². The van der Waals surface area contributed by atoms with Gasteiger partial charge in [0.25, 0.3) is 0 Å². The molecule has 4 heteroatoms. The Kier molecular flexibility index (Phi) is 2.39. The molecule has 0 unspecified atom stereocenters. The number of aliphatic hydroxyl groups is 4. The van der Waals surface area contributed by atoms with Crippen LogP contribution >= 0.6 is 0 Å². The van der Waals surface area contributed by atoms with E-state index >= 15 is 0 Å². The van der Waals surface area contributed by atoms with Crippen LogP contribution in [0.15, 0.2) is 24.5 Å². The van der Waals surface area contributed by atoms with Crippen molar-refractivity contribution in [3.63, 3.8) is 0 Å². The second kappa shape index (κ2) is 2.63. The third kappa shape index (κ3) is 2.86. The van der Waals surface area contributed by atoms with Crippen LogP contribution in [0.25, 0.3) is 0 Å². The molecule has 9 heavy (non-hydrogen) atoms. The molecule has 0 saturated heterocycles. The predicted octanol–water partition coefficient (Wildman–Crippen LogP) is -0.755. The Labute approximate surface area is 52.0 Å². The number of allylic oxidation sites excluding steroid dienone is 2. The minimum atomic E-state index is -3.14. The molecular formula is C5H8O4. The largest absolute Gasteiger partial charge is 0.505 e. The summed E-state index contributed by atoms with van der Waals surface area (Å²) in [5, 5.41) is 32.9. The van der Waals surface area contributed by atoms with Gasteiger partial charge in [0.05, 0.1) is 0 Å². The van der Waals surface area contributed by atoms with E-state index in [1.54, 1.807) is 0 Å². The zero-order valence-corrected chi connectivity index (χ0v) is 4.65. The third-order valence-electron chi connectivity index (χ3n) is 0.619. The number of aliphatic hydroxyl groups excluding tert-OH is 1. The molecule has 0 atom stereocenters. The van der Waals surface area contributed by atoms with Gasteiger partial charge in [-0.15, -0.1) is 0 Å². The number of rotatable bonds is 2. The zero-order chi connectivity index (χ0) is 7.49. The van der Waals surface area contributed by atoms with E-state index in [2.05, 4.69) is 6.58 Å². The SMILES string of the molecule is C=CC=C(O)C(O)(O)O. The molecule has 0 rings (SSSR count). The summed E-state index contributed by atoms with van der Waals surface area (Å²) in [5.41, 5.74) is 0. The van der Waals surface area contributed by atoms with Crippen LogP contribution in [-0.2, 0) is 0 Å². The molecule has 0 saturated carbocycles. The molecule has 0 fully saturated rings. The fourth-order valence-electron chi connectivity index (χ4n) is 0.223. The van der Waals surface area contributed by atoms with E-state index in [1.165, 1.54) is 0 Å². The van der Waals surface area contributed by atoms with Gasteiger partial charge in [0.15, 0.2) is 5.76 Å². The van der Waals surface area contributed by atoms with Crippen molar-refractivity contribution >= 4 is 0 Å². The highest BCUT2D eigenvalue weighted by Gasteiger charge is 2.23. The summed E-state index contributed by atoms with van der Waals surface area (Å²) in [6.07, 6.45) is 1.97. The maximum absolute atomic E-state index is 8.43. The van der Waals surface area contributed by atoms with E-state index in [1.807, 2.05) is 0 Å². The average Bonchev–Trinajstić information content (AvgIpc) is 1.64. The van der Waals surface area contributed by atoms with E-state index in [-0.39, 0.29) is 0 Å². The molecule has 0 aliphatic heterocycles. The van der Waals surface area contributed by atoms with Crippen molar-refractivity contribution < 1.29 is 20.4 Å². The van der Waals surface area contributed by atoms with E-state index in [0.29, 0.717) is 0 Å².